The van der Waals surface area contributed by atoms with Gasteiger partial charge in [-0.15, -0.1) is 0 Å². The molecule has 2 aliphatic heterocycles. The Morgan fingerprint density at radius 3 is 2.74 bits per heavy atom. The first-order valence-corrected chi connectivity index (χ1v) is 9.76. The number of hydrogen-bond donors (Lipinski definition) is 1. The minimum atomic E-state index is 0.0892. The molecule has 2 fully saturated rings. The van der Waals surface area contributed by atoms with E-state index in [0.29, 0.717) is 19.1 Å². The number of nitrogens with zero attached hydrogens (tertiary/aromatic N) is 4. The van der Waals surface area contributed by atoms with E-state index < -0.39 is 0 Å². The molecular weight excluding hydrogens is 346 g/mol. The molecule has 1 aromatic heterocycles. The number of aromatic nitrogens is 2. The molecule has 3 heterocycles. The average molecular weight is 377 g/mol. The van der Waals surface area contributed by atoms with Gasteiger partial charge in [0, 0.05) is 57.9 Å². The van der Waals surface area contributed by atoms with Crippen molar-refractivity contribution in [1.29, 1.82) is 0 Å². The number of anilines is 1. The molecule has 150 valence electrons. The molecule has 1 atom stereocenters. The average Bonchev–Trinajstić information content (AvgIpc) is 3.16. The summed E-state index contributed by atoms with van der Waals surface area (Å²) in [7, 11) is 1.66. The molecule has 8 heteroatoms. The highest BCUT2D eigenvalue weighted by atomic mass is 16.5. The Morgan fingerprint density at radius 1 is 1.33 bits per heavy atom. The fourth-order valence-electron chi connectivity index (χ4n) is 3.54. The highest BCUT2D eigenvalue weighted by Gasteiger charge is 2.24. The predicted molar refractivity (Wildman–Crippen MR) is 103 cm³/mol. The Balaban J connectivity index is 1.63. The van der Waals surface area contributed by atoms with Crippen molar-refractivity contribution in [2.45, 2.75) is 38.8 Å². The third-order valence-electron chi connectivity index (χ3n) is 4.91. The number of methoxy groups -OCH3 is 1. The van der Waals surface area contributed by atoms with Crippen molar-refractivity contribution < 1.29 is 14.3 Å². The summed E-state index contributed by atoms with van der Waals surface area (Å²) < 4.78 is 10.8. The Hall–Kier alpha value is -1.77. The molecular formula is C19H31N5O3. The highest BCUT2D eigenvalue weighted by molar-refractivity contribution is 5.78. The van der Waals surface area contributed by atoms with Gasteiger partial charge in [0.05, 0.1) is 18.8 Å². The van der Waals surface area contributed by atoms with Crippen molar-refractivity contribution in [3.05, 3.63) is 17.6 Å². The van der Waals surface area contributed by atoms with Crippen LogP contribution in [0.1, 0.15) is 37.7 Å². The summed E-state index contributed by atoms with van der Waals surface area (Å²) >= 11 is 0. The fourth-order valence-corrected chi connectivity index (χ4v) is 3.54. The van der Waals surface area contributed by atoms with Gasteiger partial charge in [-0.1, -0.05) is 0 Å². The second kappa shape index (κ2) is 9.43. The number of rotatable bonds is 7. The van der Waals surface area contributed by atoms with E-state index in [0.717, 1.165) is 63.1 Å². The maximum Gasteiger partial charge on any atom is 0.234 e. The van der Waals surface area contributed by atoms with Gasteiger partial charge in [-0.2, -0.15) is 0 Å². The molecule has 2 aliphatic rings. The van der Waals surface area contributed by atoms with E-state index in [1.54, 1.807) is 7.11 Å². The van der Waals surface area contributed by atoms with Crippen LogP contribution >= 0.6 is 0 Å². The molecule has 0 spiro atoms. The number of piperazine rings is 1. The van der Waals surface area contributed by atoms with Crippen molar-refractivity contribution in [3.63, 3.8) is 0 Å². The molecule has 1 amide bonds. The SMILES string of the molecule is COCc1nc([C@@H]2CCOC2)cc(N2CCN(CC(=O)NC(C)C)CC2)n1. The first-order valence-electron chi connectivity index (χ1n) is 9.76. The van der Waals surface area contributed by atoms with Crippen molar-refractivity contribution in [2.75, 3.05) is 57.9 Å². The minimum Gasteiger partial charge on any atom is -0.381 e. The van der Waals surface area contributed by atoms with Gasteiger partial charge in [-0.05, 0) is 20.3 Å². The van der Waals surface area contributed by atoms with Gasteiger partial charge in [0.1, 0.15) is 12.4 Å². The molecule has 0 radical (unpaired) electrons. The zero-order valence-electron chi connectivity index (χ0n) is 16.6. The van der Waals surface area contributed by atoms with Crippen LogP contribution in [0.2, 0.25) is 0 Å². The van der Waals surface area contributed by atoms with E-state index in [-0.39, 0.29) is 11.9 Å². The molecule has 0 saturated carbocycles. The number of carbonyl (C=O) groups excluding carboxylic acids is 1. The van der Waals surface area contributed by atoms with Gasteiger partial charge >= 0.3 is 0 Å². The van der Waals surface area contributed by atoms with Crippen molar-refractivity contribution in [2.24, 2.45) is 0 Å². The van der Waals surface area contributed by atoms with Gasteiger partial charge in [0.25, 0.3) is 0 Å². The lowest BCUT2D eigenvalue weighted by molar-refractivity contribution is -0.122. The lowest BCUT2D eigenvalue weighted by Gasteiger charge is -2.35. The van der Waals surface area contributed by atoms with Crippen LogP contribution in [-0.2, 0) is 20.9 Å². The molecule has 27 heavy (non-hydrogen) atoms. The predicted octanol–water partition coefficient (Wildman–Crippen LogP) is 0.774. The van der Waals surface area contributed by atoms with Crippen molar-refractivity contribution >= 4 is 11.7 Å². The third-order valence-corrected chi connectivity index (χ3v) is 4.91. The van der Waals surface area contributed by atoms with Gasteiger partial charge in [-0.25, -0.2) is 9.97 Å². The lowest BCUT2D eigenvalue weighted by atomic mass is 10.0. The van der Waals surface area contributed by atoms with E-state index in [1.165, 1.54) is 0 Å². The standard InChI is InChI=1S/C19H31N5O3/c1-14(2)20-19(25)11-23-5-7-24(8-6-23)18-10-16(15-4-9-27-12-15)21-17(22-18)13-26-3/h10,14-15H,4-9,11-13H2,1-3H3,(H,20,25)/t15-/m1/s1. The molecule has 0 bridgehead atoms. The Morgan fingerprint density at radius 2 is 2.11 bits per heavy atom. The molecule has 0 unspecified atom stereocenters. The van der Waals surface area contributed by atoms with Gasteiger partial charge < -0.3 is 19.7 Å². The maximum absolute atomic E-state index is 12.0. The molecule has 1 N–H and O–H groups in total. The maximum atomic E-state index is 12.0. The second-order valence-corrected chi connectivity index (χ2v) is 7.55. The smallest absolute Gasteiger partial charge is 0.234 e. The Kier molecular flexibility index (Phi) is 6.98. The van der Waals surface area contributed by atoms with Gasteiger partial charge in [0.2, 0.25) is 5.91 Å². The van der Waals surface area contributed by atoms with Crippen LogP contribution in [0, 0.1) is 0 Å². The first kappa shape index (κ1) is 20.0. The zero-order valence-corrected chi connectivity index (χ0v) is 16.6. The topological polar surface area (TPSA) is 79.8 Å². The molecule has 8 nitrogen and oxygen atoms in total. The highest BCUT2D eigenvalue weighted by Crippen LogP contribution is 2.26. The van der Waals surface area contributed by atoms with E-state index in [2.05, 4.69) is 26.2 Å². The van der Waals surface area contributed by atoms with Crippen LogP contribution in [0.5, 0.6) is 0 Å². The van der Waals surface area contributed by atoms with Crippen molar-refractivity contribution in [3.8, 4) is 0 Å². The monoisotopic (exact) mass is 377 g/mol. The Labute approximate surface area is 161 Å². The lowest BCUT2D eigenvalue weighted by Crippen LogP contribution is -2.50. The number of nitrogens with one attached hydrogen (secondary N) is 1. The van der Waals surface area contributed by atoms with Crippen LogP contribution in [0.25, 0.3) is 0 Å². The van der Waals surface area contributed by atoms with E-state index in [9.17, 15) is 4.79 Å². The van der Waals surface area contributed by atoms with Gasteiger partial charge in [-0.3, -0.25) is 9.69 Å². The molecule has 0 aromatic carbocycles. The largest absolute Gasteiger partial charge is 0.381 e. The summed E-state index contributed by atoms with van der Waals surface area (Å²) in [5.41, 5.74) is 1.04. The van der Waals surface area contributed by atoms with Gasteiger partial charge in [0.15, 0.2) is 5.82 Å². The first-order chi connectivity index (χ1) is 13.0. The number of ether oxygens (including phenoxy) is 2. The number of carbonyl (C=O) groups is 1. The third kappa shape index (κ3) is 5.60. The summed E-state index contributed by atoms with van der Waals surface area (Å²) in [6, 6.07) is 2.27. The minimum absolute atomic E-state index is 0.0892. The van der Waals surface area contributed by atoms with Crippen LogP contribution in [0.3, 0.4) is 0 Å². The zero-order chi connectivity index (χ0) is 19.2. The van der Waals surface area contributed by atoms with Crippen LogP contribution in [-0.4, -0.2) is 79.9 Å². The molecule has 2 saturated heterocycles. The summed E-state index contributed by atoms with van der Waals surface area (Å²) in [6.07, 6.45) is 1.00. The van der Waals surface area contributed by atoms with E-state index >= 15 is 0 Å². The molecule has 1 aromatic rings. The van der Waals surface area contributed by atoms with E-state index in [1.807, 2.05) is 13.8 Å². The van der Waals surface area contributed by atoms with Crippen LogP contribution in [0.15, 0.2) is 6.07 Å². The summed E-state index contributed by atoms with van der Waals surface area (Å²) in [4.78, 5) is 25.8. The number of hydrogen-bond acceptors (Lipinski definition) is 7. The normalized spacial score (nSPS) is 21.0. The Bertz CT molecular complexity index is 626. The molecule has 3 rings (SSSR count). The van der Waals surface area contributed by atoms with Crippen LogP contribution in [0.4, 0.5) is 5.82 Å². The second-order valence-electron chi connectivity index (χ2n) is 7.55. The summed E-state index contributed by atoms with van der Waals surface area (Å²) in [6.45, 7) is 9.72. The number of amides is 1. The fraction of sp³-hybridized carbons (Fsp3) is 0.737. The summed E-state index contributed by atoms with van der Waals surface area (Å²) in [5.74, 6) is 2.09. The quantitative estimate of drug-likeness (QED) is 0.752. The van der Waals surface area contributed by atoms with Crippen molar-refractivity contribution in [1.82, 2.24) is 20.2 Å². The van der Waals surface area contributed by atoms with E-state index in [4.69, 9.17) is 14.5 Å². The summed E-state index contributed by atoms with van der Waals surface area (Å²) in [5, 5.41) is 2.95. The molecule has 0 aliphatic carbocycles. The van der Waals surface area contributed by atoms with Crippen LogP contribution < -0.4 is 10.2 Å².